The highest BCUT2D eigenvalue weighted by atomic mass is 79.9. The lowest BCUT2D eigenvalue weighted by Gasteiger charge is -2.11. The van der Waals surface area contributed by atoms with Crippen molar-refractivity contribution in [3.63, 3.8) is 0 Å². The molecule has 0 saturated heterocycles. The van der Waals surface area contributed by atoms with Gasteiger partial charge in [-0.25, -0.2) is 8.78 Å². The third kappa shape index (κ3) is 3.30. The highest BCUT2D eigenvalue weighted by molar-refractivity contribution is 9.11. The minimum atomic E-state index is -0.615. The van der Waals surface area contributed by atoms with Gasteiger partial charge in [0.2, 0.25) is 0 Å². The second-order valence-electron chi connectivity index (χ2n) is 3.99. The molecule has 0 aliphatic heterocycles. The van der Waals surface area contributed by atoms with E-state index in [1.807, 2.05) is 6.07 Å². The number of hydrogen-bond acceptors (Lipinski definition) is 2. The van der Waals surface area contributed by atoms with E-state index in [1.165, 1.54) is 12.1 Å². The molecule has 1 aromatic carbocycles. The van der Waals surface area contributed by atoms with Crippen LogP contribution in [0.3, 0.4) is 0 Å². The van der Waals surface area contributed by atoms with Crippen LogP contribution in [0.1, 0.15) is 11.3 Å². The number of anilines is 1. The Labute approximate surface area is 126 Å². The third-order valence-electron chi connectivity index (χ3n) is 2.60. The average molecular weight is 392 g/mol. The van der Waals surface area contributed by atoms with Gasteiger partial charge in [-0.05, 0) is 56.5 Å². The van der Waals surface area contributed by atoms with Crippen molar-refractivity contribution in [1.82, 2.24) is 4.98 Å². The molecule has 0 aliphatic rings. The molecule has 19 heavy (non-hydrogen) atoms. The van der Waals surface area contributed by atoms with Crippen LogP contribution < -0.4 is 5.32 Å². The first kappa shape index (κ1) is 14.4. The van der Waals surface area contributed by atoms with Gasteiger partial charge >= 0.3 is 0 Å². The molecule has 1 heterocycles. The van der Waals surface area contributed by atoms with E-state index in [1.54, 1.807) is 13.1 Å². The molecule has 100 valence electrons. The number of hydrogen-bond donors (Lipinski definition) is 1. The Morgan fingerprint density at radius 3 is 2.68 bits per heavy atom. The predicted octanol–water partition coefficient (Wildman–Crippen LogP) is 4.81. The molecule has 0 saturated carbocycles. The van der Waals surface area contributed by atoms with Crippen molar-refractivity contribution in [1.29, 1.82) is 0 Å². The maximum atomic E-state index is 13.8. The number of benzene rings is 1. The van der Waals surface area contributed by atoms with Gasteiger partial charge in [-0.2, -0.15) is 0 Å². The summed E-state index contributed by atoms with van der Waals surface area (Å²) in [4.78, 5) is 4.17. The summed E-state index contributed by atoms with van der Waals surface area (Å²) in [5.74, 6) is -1.19. The summed E-state index contributed by atoms with van der Waals surface area (Å²) in [6.45, 7) is 1.82. The molecule has 1 N–H and O–H groups in total. The highest BCUT2D eigenvalue weighted by Gasteiger charge is 2.12. The molecule has 0 bridgehead atoms. The molecule has 0 unspecified atom stereocenters. The lowest BCUT2D eigenvalue weighted by Crippen LogP contribution is -2.07. The van der Waals surface area contributed by atoms with E-state index >= 15 is 0 Å². The van der Waals surface area contributed by atoms with Crippen LogP contribution in [-0.4, -0.2) is 4.98 Å². The number of pyridine rings is 1. The van der Waals surface area contributed by atoms with Crippen LogP contribution in [0.15, 0.2) is 33.3 Å². The second kappa shape index (κ2) is 5.96. The van der Waals surface area contributed by atoms with E-state index in [0.717, 1.165) is 8.95 Å². The van der Waals surface area contributed by atoms with Crippen molar-refractivity contribution < 1.29 is 8.78 Å². The smallest absolute Gasteiger partial charge is 0.152 e. The molecule has 0 fully saturated rings. The molecule has 2 nitrogen and oxygen atoms in total. The Morgan fingerprint density at radius 2 is 2.00 bits per heavy atom. The van der Waals surface area contributed by atoms with Crippen LogP contribution in [0, 0.1) is 18.6 Å². The van der Waals surface area contributed by atoms with Crippen LogP contribution in [0.4, 0.5) is 14.5 Å². The summed E-state index contributed by atoms with van der Waals surface area (Å²) in [6.07, 6.45) is 1.63. The first-order valence-electron chi connectivity index (χ1n) is 5.47. The number of aryl methyl sites for hydroxylation is 1. The van der Waals surface area contributed by atoms with Gasteiger partial charge in [-0.15, -0.1) is 0 Å². The fraction of sp³-hybridized carbons (Fsp3) is 0.154. The van der Waals surface area contributed by atoms with Crippen LogP contribution in [0.2, 0.25) is 0 Å². The molecule has 0 aliphatic carbocycles. The quantitative estimate of drug-likeness (QED) is 0.812. The van der Waals surface area contributed by atoms with E-state index in [-0.39, 0.29) is 12.2 Å². The number of nitrogens with zero attached hydrogens (tertiary/aromatic N) is 1. The predicted molar refractivity (Wildman–Crippen MR) is 78.1 cm³/mol. The lowest BCUT2D eigenvalue weighted by molar-refractivity contribution is 0.582. The monoisotopic (exact) mass is 390 g/mol. The van der Waals surface area contributed by atoms with Crippen LogP contribution in [0.5, 0.6) is 0 Å². The number of halogens is 4. The van der Waals surface area contributed by atoms with Crippen molar-refractivity contribution in [2.24, 2.45) is 0 Å². The fourth-order valence-electron chi connectivity index (χ4n) is 1.56. The molecular formula is C13H10Br2F2N2. The SMILES string of the molecule is Cc1ccc(F)c(NCc2ncc(Br)cc2Br)c1F. The molecule has 0 radical (unpaired) electrons. The van der Waals surface area contributed by atoms with E-state index in [2.05, 4.69) is 42.2 Å². The van der Waals surface area contributed by atoms with Gasteiger partial charge in [0.25, 0.3) is 0 Å². The first-order chi connectivity index (χ1) is 8.99. The third-order valence-corrected chi connectivity index (χ3v) is 3.72. The Bertz CT molecular complexity index is 618. The van der Waals surface area contributed by atoms with Crippen molar-refractivity contribution in [2.75, 3.05) is 5.32 Å². The highest BCUT2D eigenvalue weighted by Crippen LogP contribution is 2.24. The van der Waals surface area contributed by atoms with Crippen molar-refractivity contribution >= 4 is 37.5 Å². The number of rotatable bonds is 3. The summed E-state index contributed by atoms with van der Waals surface area (Å²) in [5, 5.41) is 2.74. The average Bonchev–Trinajstić information content (AvgIpc) is 2.36. The Balaban J connectivity index is 2.21. The van der Waals surface area contributed by atoms with Gasteiger partial charge in [0.05, 0.1) is 12.2 Å². The standard InChI is InChI=1S/C13H10Br2F2N2/c1-7-2-3-10(16)13(12(7)17)19-6-11-9(15)4-8(14)5-18-11/h2-5,19H,6H2,1H3. The molecule has 0 amide bonds. The maximum Gasteiger partial charge on any atom is 0.152 e. The number of nitrogens with one attached hydrogen (secondary N) is 1. The first-order valence-corrected chi connectivity index (χ1v) is 7.06. The number of aromatic nitrogens is 1. The van der Waals surface area contributed by atoms with E-state index in [4.69, 9.17) is 0 Å². The fourth-order valence-corrected chi connectivity index (χ4v) is 2.69. The zero-order valence-corrected chi connectivity index (χ0v) is 13.1. The summed E-state index contributed by atoms with van der Waals surface area (Å²) in [7, 11) is 0. The van der Waals surface area contributed by atoms with Crippen molar-refractivity contribution in [3.8, 4) is 0 Å². The summed E-state index contributed by atoms with van der Waals surface area (Å²) < 4.78 is 28.9. The molecular weight excluding hydrogens is 382 g/mol. The minimum Gasteiger partial charge on any atom is -0.375 e. The van der Waals surface area contributed by atoms with Gasteiger partial charge in [0.15, 0.2) is 5.82 Å². The molecule has 0 spiro atoms. The Hall–Kier alpha value is -1.01. The van der Waals surface area contributed by atoms with E-state index in [9.17, 15) is 8.78 Å². The minimum absolute atomic E-state index is 0.128. The topological polar surface area (TPSA) is 24.9 Å². The Kier molecular flexibility index (Phi) is 4.52. The Morgan fingerprint density at radius 1 is 1.26 bits per heavy atom. The molecule has 2 aromatic rings. The van der Waals surface area contributed by atoms with Crippen LogP contribution in [-0.2, 0) is 6.54 Å². The van der Waals surface area contributed by atoms with Gasteiger partial charge in [-0.3, -0.25) is 4.98 Å². The van der Waals surface area contributed by atoms with E-state index in [0.29, 0.717) is 11.3 Å². The summed E-state index contributed by atoms with van der Waals surface area (Å²) in [5.41, 5.74) is 0.937. The zero-order valence-electron chi connectivity index (χ0n) is 9.98. The molecule has 0 atom stereocenters. The van der Waals surface area contributed by atoms with Crippen LogP contribution in [0.25, 0.3) is 0 Å². The van der Waals surface area contributed by atoms with Gasteiger partial charge in [0.1, 0.15) is 11.5 Å². The normalized spacial score (nSPS) is 10.6. The molecule has 6 heteroatoms. The van der Waals surface area contributed by atoms with Crippen molar-refractivity contribution in [3.05, 3.63) is 56.2 Å². The maximum absolute atomic E-state index is 13.8. The largest absolute Gasteiger partial charge is 0.375 e. The zero-order chi connectivity index (χ0) is 14.0. The molecule has 2 rings (SSSR count). The van der Waals surface area contributed by atoms with Gasteiger partial charge in [-0.1, -0.05) is 6.07 Å². The van der Waals surface area contributed by atoms with Crippen molar-refractivity contribution in [2.45, 2.75) is 13.5 Å². The van der Waals surface area contributed by atoms with E-state index < -0.39 is 11.6 Å². The van der Waals surface area contributed by atoms with Crippen LogP contribution >= 0.6 is 31.9 Å². The lowest BCUT2D eigenvalue weighted by atomic mass is 10.2. The second-order valence-corrected chi connectivity index (χ2v) is 5.76. The summed E-state index contributed by atoms with van der Waals surface area (Å²) >= 11 is 6.64. The van der Waals surface area contributed by atoms with Gasteiger partial charge < -0.3 is 5.32 Å². The van der Waals surface area contributed by atoms with Gasteiger partial charge in [0, 0.05) is 15.1 Å². The molecule has 1 aromatic heterocycles. The summed E-state index contributed by atoms with van der Waals surface area (Å²) in [6, 6.07) is 4.47.